The minimum Gasteiger partial charge on any atom is -0.496 e. The quantitative estimate of drug-likeness (QED) is 0.491. The maximum atomic E-state index is 12.5. The summed E-state index contributed by atoms with van der Waals surface area (Å²) in [5.41, 5.74) is 2.17. The number of halogens is 1. The first-order valence-electron chi connectivity index (χ1n) is 9.17. The highest BCUT2D eigenvalue weighted by Crippen LogP contribution is 2.23. The molecule has 0 aliphatic carbocycles. The fourth-order valence-electron chi connectivity index (χ4n) is 2.75. The number of rotatable bonds is 7. The van der Waals surface area contributed by atoms with E-state index in [4.69, 9.17) is 16.3 Å². The third kappa shape index (κ3) is 5.71. The molecular formula is C21H21ClN4O3S. The van der Waals surface area contributed by atoms with Crippen LogP contribution in [0, 0.1) is 6.92 Å². The van der Waals surface area contributed by atoms with Gasteiger partial charge < -0.3 is 15.4 Å². The Morgan fingerprint density at radius 2 is 1.83 bits per heavy atom. The van der Waals surface area contributed by atoms with Crippen LogP contribution in [0.3, 0.4) is 0 Å². The number of benzene rings is 2. The third-order valence-corrected chi connectivity index (χ3v) is 5.52. The Morgan fingerprint density at radius 1 is 1.10 bits per heavy atom. The van der Waals surface area contributed by atoms with Gasteiger partial charge in [0, 0.05) is 17.3 Å². The summed E-state index contributed by atoms with van der Waals surface area (Å²) in [5.74, 6) is 0.560. The number of amides is 3. The molecule has 3 amide bonds. The Balaban J connectivity index is 1.54. The first kappa shape index (κ1) is 21.6. The first-order valence-corrected chi connectivity index (χ1v) is 10.4. The topological polar surface area (TPSA) is 92.4 Å². The number of aromatic nitrogens is 1. The van der Waals surface area contributed by atoms with E-state index in [2.05, 4.69) is 20.9 Å². The second kappa shape index (κ2) is 10.1. The molecule has 9 heteroatoms. The van der Waals surface area contributed by atoms with Crippen molar-refractivity contribution in [2.45, 2.75) is 13.3 Å². The average molecular weight is 445 g/mol. The molecule has 0 aliphatic rings. The molecule has 0 bridgehead atoms. The second-order valence-electron chi connectivity index (χ2n) is 6.34. The zero-order valence-electron chi connectivity index (χ0n) is 16.5. The molecule has 7 nitrogen and oxygen atoms in total. The van der Waals surface area contributed by atoms with Gasteiger partial charge in [0.05, 0.1) is 12.8 Å². The van der Waals surface area contributed by atoms with Gasteiger partial charge in [0.1, 0.15) is 10.6 Å². The normalized spacial score (nSPS) is 10.4. The molecule has 0 saturated carbocycles. The first-order chi connectivity index (χ1) is 14.5. The van der Waals surface area contributed by atoms with Crippen LogP contribution in [0.5, 0.6) is 5.75 Å². The number of aryl methyl sites for hydroxylation is 1. The lowest BCUT2D eigenvalue weighted by Crippen LogP contribution is -2.25. The Bertz CT molecular complexity index is 1040. The third-order valence-electron chi connectivity index (χ3n) is 4.20. The summed E-state index contributed by atoms with van der Waals surface area (Å²) in [5, 5.41) is 9.14. The van der Waals surface area contributed by atoms with Gasteiger partial charge in [-0.25, -0.2) is 9.78 Å². The number of hydrogen-bond acceptors (Lipinski definition) is 5. The molecule has 3 N–H and O–H groups in total. The minimum atomic E-state index is -0.450. The Labute approximate surface area is 183 Å². The fraction of sp³-hybridized carbons (Fsp3) is 0.190. The number of thiazole rings is 1. The Hall–Kier alpha value is -3.10. The number of nitrogens with one attached hydrogen (secondary N) is 3. The van der Waals surface area contributed by atoms with Gasteiger partial charge in [-0.1, -0.05) is 41.1 Å². The molecule has 3 rings (SSSR count). The van der Waals surface area contributed by atoms with E-state index in [0.29, 0.717) is 39.4 Å². The van der Waals surface area contributed by atoms with Crippen molar-refractivity contribution in [1.29, 1.82) is 0 Å². The van der Waals surface area contributed by atoms with Gasteiger partial charge in [0.25, 0.3) is 5.91 Å². The van der Waals surface area contributed by atoms with Crippen molar-refractivity contribution in [2.75, 3.05) is 24.3 Å². The van der Waals surface area contributed by atoms with E-state index in [1.54, 1.807) is 38.3 Å². The monoisotopic (exact) mass is 444 g/mol. The number of methoxy groups -OCH3 is 1. The van der Waals surface area contributed by atoms with E-state index in [1.807, 2.05) is 24.3 Å². The van der Waals surface area contributed by atoms with E-state index in [9.17, 15) is 9.59 Å². The van der Waals surface area contributed by atoms with E-state index < -0.39 is 6.03 Å². The Kier molecular flexibility index (Phi) is 7.26. The maximum Gasteiger partial charge on any atom is 0.325 e. The second-order valence-corrected chi connectivity index (χ2v) is 7.77. The number of hydrogen-bond donors (Lipinski definition) is 3. The standard InChI is InChI=1S/C21H21ClN4O3S/c1-13-18(19(27)23-12-11-14-5-3-4-6-17(14)29-2)30-21(24-13)26-20(28)25-16-9-7-15(22)8-10-16/h3-10H,11-12H2,1-2H3,(H,23,27)(H2,24,25,26,28). The van der Waals surface area contributed by atoms with Gasteiger partial charge in [-0.15, -0.1) is 0 Å². The lowest BCUT2D eigenvalue weighted by atomic mass is 10.1. The smallest absolute Gasteiger partial charge is 0.325 e. The van der Waals surface area contributed by atoms with Crippen LogP contribution < -0.4 is 20.7 Å². The van der Waals surface area contributed by atoms with Crippen molar-refractivity contribution in [3.63, 3.8) is 0 Å². The van der Waals surface area contributed by atoms with Crippen molar-refractivity contribution in [2.24, 2.45) is 0 Å². The highest BCUT2D eigenvalue weighted by molar-refractivity contribution is 7.17. The highest BCUT2D eigenvalue weighted by Gasteiger charge is 2.16. The highest BCUT2D eigenvalue weighted by atomic mass is 35.5. The molecule has 1 aromatic heterocycles. The van der Waals surface area contributed by atoms with Crippen molar-refractivity contribution in [3.8, 4) is 5.75 Å². The van der Waals surface area contributed by atoms with Crippen LogP contribution in [0.2, 0.25) is 5.02 Å². The molecule has 0 unspecified atom stereocenters. The van der Waals surface area contributed by atoms with Gasteiger partial charge in [-0.05, 0) is 49.2 Å². The number of anilines is 2. The van der Waals surface area contributed by atoms with Gasteiger partial charge in [0.2, 0.25) is 0 Å². The predicted molar refractivity (Wildman–Crippen MR) is 120 cm³/mol. The number of carbonyl (C=O) groups excluding carboxylic acids is 2. The predicted octanol–water partition coefficient (Wildman–Crippen LogP) is 4.73. The van der Waals surface area contributed by atoms with E-state index in [-0.39, 0.29) is 5.91 Å². The zero-order chi connectivity index (χ0) is 21.5. The molecule has 0 atom stereocenters. The summed E-state index contributed by atoms with van der Waals surface area (Å²) < 4.78 is 5.32. The maximum absolute atomic E-state index is 12.5. The number of para-hydroxylation sites is 1. The van der Waals surface area contributed by atoms with Gasteiger partial charge in [0.15, 0.2) is 5.13 Å². The van der Waals surface area contributed by atoms with Gasteiger partial charge >= 0.3 is 6.03 Å². The number of carbonyl (C=O) groups is 2. The molecule has 0 fully saturated rings. The van der Waals surface area contributed by atoms with Crippen molar-refractivity contribution >= 4 is 45.7 Å². The molecule has 1 heterocycles. The summed E-state index contributed by atoms with van der Waals surface area (Å²) in [6, 6.07) is 14.0. The molecule has 0 aliphatic heterocycles. The minimum absolute atomic E-state index is 0.231. The summed E-state index contributed by atoms with van der Waals surface area (Å²) >= 11 is 6.96. The molecular weight excluding hydrogens is 424 g/mol. The van der Waals surface area contributed by atoms with Crippen molar-refractivity contribution < 1.29 is 14.3 Å². The van der Waals surface area contributed by atoms with Crippen LogP contribution in [0.4, 0.5) is 15.6 Å². The van der Waals surface area contributed by atoms with Crippen LogP contribution in [-0.4, -0.2) is 30.6 Å². The Morgan fingerprint density at radius 3 is 2.57 bits per heavy atom. The van der Waals surface area contributed by atoms with Gasteiger partial charge in [-0.3, -0.25) is 10.1 Å². The molecule has 0 spiro atoms. The lowest BCUT2D eigenvalue weighted by molar-refractivity contribution is 0.0957. The summed E-state index contributed by atoms with van der Waals surface area (Å²) in [6.45, 7) is 2.18. The van der Waals surface area contributed by atoms with Crippen LogP contribution in [0.25, 0.3) is 0 Å². The molecule has 30 heavy (non-hydrogen) atoms. The van der Waals surface area contributed by atoms with Crippen LogP contribution in [-0.2, 0) is 6.42 Å². The molecule has 156 valence electrons. The average Bonchev–Trinajstić information content (AvgIpc) is 3.10. The largest absolute Gasteiger partial charge is 0.496 e. The van der Waals surface area contributed by atoms with Crippen molar-refractivity contribution in [1.82, 2.24) is 10.3 Å². The molecule has 3 aromatic rings. The number of nitrogens with zero attached hydrogens (tertiary/aromatic N) is 1. The fourth-order valence-corrected chi connectivity index (χ4v) is 3.76. The summed E-state index contributed by atoms with van der Waals surface area (Å²) in [6.07, 6.45) is 0.641. The summed E-state index contributed by atoms with van der Waals surface area (Å²) in [4.78, 5) is 29.4. The van der Waals surface area contributed by atoms with E-state index in [0.717, 1.165) is 22.6 Å². The molecule has 2 aromatic carbocycles. The van der Waals surface area contributed by atoms with Crippen LogP contribution in [0.15, 0.2) is 48.5 Å². The number of ether oxygens (including phenoxy) is 1. The van der Waals surface area contributed by atoms with E-state index >= 15 is 0 Å². The van der Waals surface area contributed by atoms with Crippen LogP contribution in [0.1, 0.15) is 20.9 Å². The lowest BCUT2D eigenvalue weighted by Gasteiger charge is -2.08. The number of urea groups is 1. The summed E-state index contributed by atoms with van der Waals surface area (Å²) in [7, 11) is 1.62. The molecule has 0 saturated heterocycles. The van der Waals surface area contributed by atoms with Crippen molar-refractivity contribution in [3.05, 3.63) is 69.7 Å². The van der Waals surface area contributed by atoms with E-state index in [1.165, 1.54) is 0 Å². The van der Waals surface area contributed by atoms with Crippen LogP contribution >= 0.6 is 22.9 Å². The van der Waals surface area contributed by atoms with Gasteiger partial charge in [-0.2, -0.15) is 0 Å². The SMILES string of the molecule is COc1ccccc1CCNC(=O)c1sc(NC(=O)Nc2ccc(Cl)cc2)nc1C. The zero-order valence-corrected chi connectivity index (χ0v) is 18.1. The molecule has 0 radical (unpaired) electrons.